The number of carbonyl (C=O) groups is 1. The highest BCUT2D eigenvalue weighted by Crippen LogP contribution is 2.51. The van der Waals surface area contributed by atoms with Crippen molar-refractivity contribution < 1.29 is 14.3 Å². The van der Waals surface area contributed by atoms with Gasteiger partial charge in [0.15, 0.2) is 0 Å². The van der Waals surface area contributed by atoms with Gasteiger partial charge in [-0.3, -0.25) is 4.79 Å². The molecule has 0 radical (unpaired) electrons. The van der Waals surface area contributed by atoms with E-state index in [-0.39, 0.29) is 24.0 Å². The number of methoxy groups -OCH3 is 1. The van der Waals surface area contributed by atoms with Gasteiger partial charge in [-0.2, -0.15) is 0 Å². The van der Waals surface area contributed by atoms with E-state index in [0.29, 0.717) is 31.3 Å². The van der Waals surface area contributed by atoms with Gasteiger partial charge >= 0.3 is 0 Å². The summed E-state index contributed by atoms with van der Waals surface area (Å²) >= 11 is 0. The fraction of sp³-hybridized carbons (Fsp3) is 0.696. The summed E-state index contributed by atoms with van der Waals surface area (Å²) in [6, 6.07) is 12.0. The average molecular weight is 387 g/mol. The van der Waals surface area contributed by atoms with Crippen LogP contribution in [0.15, 0.2) is 30.3 Å². The summed E-state index contributed by atoms with van der Waals surface area (Å²) in [6.45, 7) is 3.55. The quantitative estimate of drug-likeness (QED) is 0.732. The zero-order valence-electron chi connectivity index (χ0n) is 17.2. The number of rotatable bonds is 7. The number of ether oxygens (including phenoxy) is 2. The van der Waals surface area contributed by atoms with E-state index in [2.05, 4.69) is 47.5 Å². The molecule has 2 saturated heterocycles. The van der Waals surface area contributed by atoms with Gasteiger partial charge in [-0.25, -0.2) is 0 Å². The van der Waals surface area contributed by atoms with E-state index in [1.165, 1.54) is 31.2 Å². The van der Waals surface area contributed by atoms with E-state index in [4.69, 9.17) is 9.47 Å². The van der Waals surface area contributed by atoms with E-state index < -0.39 is 0 Å². The summed E-state index contributed by atoms with van der Waals surface area (Å²) in [4.78, 5) is 15.6. The summed E-state index contributed by atoms with van der Waals surface area (Å²) < 4.78 is 10.7. The normalized spacial score (nSPS) is 34.3. The predicted octanol–water partition coefficient (Wildman–Crippen LogP) is 2.78. The zero-order chi connectivity index (χ0) is 19.6. The van der Waals surface area contributed by atoms with Crippen molar-refractivity contribution in [2.75, 3.05) is 26.9 Å². The van der Waals surface area contributed by atoms with Gasteiger partial charge in [0.2, 0.25) is 5.91 Å². The minimum Gasteiger partial charge on any atom is -0.382 e. The number of benzene rings is 1. The number of likely N-dealkylation sites (tertiary alicyclic amines) is 1. The van der Waals surface area contributed by atoms with E-state index in [9.17, 15) is 4.79 Å². The molecule has 1 amide bonds. The summed E-state index contributed by atoms with van der Waals surface area (Å²) in [5.74, 6) is 0.141. The molecule has 154 valence electrons. The first-order chi connectivity index (χ1) is 13.6. The minimum atomic E-state index is 0.141. The molecule has 5 nitrogen and oxygen atoms in total. The SMILES string of the molecule is COCCOCC(=O)N1[C@@H](Cc2ccccc2)[C@@H]2C[C@@]3(C)[C@H](CCCC[C@@H]13)N2. The zero-order valence-corrected chi connectivity index (χ0v) is 17.2. The minimum absolute atomic E-state index is 0.141. The third kappa shape index (κ3) is 3.72. The predicted molar refractivity (Wildman–Crippen MR) is 109 cm³/mol. The summed E-state index contributed by atoms with van der Waals surface area (Å²) in [6.07, 6.45) is 6.88. The van der Waals surface area contributed by atoms with Crippen molar-refractivity contribution in [3.63, 3.8) is 0 Å². The van der Waals surface area contributed by atoms with Crippen molar-refractivity contribution in [1.29, 1.82) is 0 Å². The molecule has 3 aliphatic rings. The first-order valence-electron chi connectivity index (χ1n) is 10.8. The number of fused-ring (bicyclic) bond motifs is 1. The van der Waals surface area contributed by atoms with Crippen LogP contribution in [0.4, 0.5) is 0 Å². The van der Waals surface area contributed by atoms with Crippen molar-refractivity contribution in [2.45, 2.75) is 69.6 Å². The van der Waals surface area contributed by atoms with E-state index in [1.807, 2.05) is 0 Å². The molecule has 3 fully saturated rings. The molecule has 0 spiro atoms. The Bertz CT molecular complexity index is 667. The Hall–Kier alpha value is -1.43. The molecular formula is C23H34N2O3. The van der Waals surface area contributed by atoms with E-state index >= 15 is 0 Å². The van der Waals surface area contributed by atoms with Gasteiger partial charge in [0.05, 0.1) is 19.3 Å². The van der Waals surface area contributed by atoms with Gasteiger partial charge in [0.25, 0.3) is 0 Å². The van der Waals surface area contributed by atoms with Gasteiger partial charge in [-0.1, -0.05) is 50.1 Å². The van der Waals surface area contributed by atoms with E-state index in [0.717, 1.165) is 12.8 Å². The number of amides is 1. The fourth-order valence-corrected chi connectivity index (χ4v) is 5.88. The Labute approximate surface area is 168 Å². The fourth-order valence-electron chi connectivity index (χ4n) is 5.88. The highest BCUT2D eigenvalue weighted by atomic mass is 16.5. The van der Waals surface area contributed by atoms with Crippen LogP contribution in [-0.4, -0.2) is 61.9 Å². The van der Waals surface area contributed by atoms with Crippen LogP contribution in [0.3, 0.4) is 0 Å². The molecule has 28 heavy (non-hydrogen) atoms. The third-order valence-corrected chi connectivity index (χ3v) is 7.24. The monoisotopic (exact) mass is 386 g/mol. The maximum Gasteiger partial charge on any atom is 0.249 e. The number of nitrogens with one attached hydrogen (secondary N) is 1. The Kier molecular flexibility index (Phi) is 6.04. The van der Waals surface area contributed by atoms with Crippen molar-refractivity contribution in [3.8, 4) is 0 Å². The first-order valence-corrected chi connectivity index (χ1v) is 10.8. The summed E-state index contributed by atoms with van der Waals surface area (Å²) in [7, 11) is 1.65. The number of hydrogen-bond acceptors (Lipinski definition) is 4. The van der Waals surface area contributed by atoms with Crippen molar-refractivity contribution in [3.05, 3.63) is 35.9 Å². The van der Waals surface area contributed by atoms with Crippen LogP contribution >= 0.6 is 0 Å². The van der Waals surface area contributed by atoms with Crippen LogP contribution in [0.2, 0.25) is 0 Å². The maximum absolute atomic E-state index is 13.4. The first kappa shape index (κ1) is 19.9. The van der Waals surface area contributed by atoms with Crippen LogP contribution < -0.4 is 5.32 Å². The molecular weight excluding hydrogens is 352 g/mol. The standard InChI is InChI=1S/C23H34N2O3/c1-23-15-18-19(14-17-8-4-3-5-9-17)25(22(26)16-28-13-12-27-2)21(23)11-7-6-10-20(23)24-18/h3-5,8-9,18-21,24H,6-7,10-16H2,1-2H3/t18-,19-,20-,21+,23-/m0/s1. The molecule has 1 N–H and O–H groups in total. The van der Waals surface area contributed by atoms with Crippen LogP contribution in [0.5, 0.6) is 0 Å². The highest BCUT2D eigenvalue weighted by Gasteiger charge is 2.59. The van der Waals surface area contributed by atoms with Gasteiger partial charge in [-0.05, 0) is 31.2 Å². The molecule has 0 unspecified atom stereocenters. The molecule has 5 heteroatoms. The number of nitrogens with zero attached hydrogens (tertiary/aromatic N) is 1. The van der Waals surface area contributed by atoms with Crippen molar-refractivity contribution in [1.82, 2.24) is 10.2 Å². The Morgan fingerprint density at radius 3 is 2.79 bits per heavy atom. The Morgan fingerprint density at radius 2 is 2.00 bits per heavy atom. The van der Waals surface area contributed by atoms with Crippen molar-refractivity contribution in [2.24, 2.45) is 5.41 Å². The molecule has 2 aliphatic heterocycles. The second-order valence-corrected chi connectivity index (χ2v) is 8.94. The Balaban J connectivity index is 1.60. The van der Waals surface area contributed by atoms with Crippen molar-refractivity contribution >= 4 is 5.91 Å². The second kappa shape index (κ2) is 8.52. The summed E-state index contributed by atoms with van der Waals surface area (Å²) in [5.41, 5.74) is 1.48. The number of piperidine rings is 1. The average Bonchev–Trinajstić information content (AvgIpc) is 2.91. The lowest BCUT2D eigenvalue weighted by molar-refractivity contribution is -0.148. The third-order valence-electron chi connectivity index (χ3n) is 7.24. The van der Waals surface area contributed by atoms with Crippen LogP contribution in [0, 0.1) is 5.41 Å². The van der Waals surface area contributed by atoms with Crippen LogP contribution in [-0.2, 0) is 20.7 Å². The van der Waals surface area contributed by atoms with Gasteiger partial charge in [-0.15, -0.1) is 0 Å². The molecule has 2 heterocycles. The van der Waals surface area contributed by atoms with E-state index in [1.54, 1.807) is 7.11 Å². The molecule has 1 aromatic carbocycles. The molecule has 5 atom stereocenters. The number of hydrogen-bond donors (Lipinski definition) is 1. The van der Waals surface area contributed by atoms with Gasteiger partial charge in [0.1, 0.15) is 6.61 Å². The van der Waals surface area contributed by atoms with Crippen LogP contribution in [0.25, 0.3) is 0 Å². The highest BCUT2D eigenvalue weighted by molar-refractivity contribution is 5.78. The molecule has 4 rings (SSSR count). The second-order valence-electron chi connectivity index (χ2n) is 8.94. The molecule has 1 saturated carbocycles. The smallest absolute Gasteiger partial charge is 0.249 e. The lowest BCUT2D eigenvalue weighted by Crippen LogP contribution is -2.62. The maximum atomic E-state index is 13.4. The van der Waals surface area contributed by atoms with Crippen LogP contribution in [0.1, 0.15) is 44.6 Å². The largest absolute Gasteiger partial charge is 0.382 e. The van der Waals surface area contributed by atoms with Gasteiger partial charge < -0.3 is 19.7 Å². The Morgan fingerprint density at radius 1 is 1.21 bits per heavy atom. The molecule has 1 aliphatic carbocycles. The molecule has 0 aromatic heterocycles. The molecule has 1 aromatic rings. The summed E-state index contributed by atoms with van der Waals surface area (Å²) in [5, 5.41) is 3.94. The topological polar surface area (TPSA) is 50.8 Å². The molecule has 2 bridgehead atoms. The lowest BCUT2D eigenvalue weighted by atomic mass is 9.69. The lowest BCUT2D eigenvalue weighted by Gasteiger charge is -2.51. The van der Waals surface area contributed by atoms with Gasteiger partial charge in [0, 0.05) is 30.7 Å². The number of carbonyl (C=O) groups excluding carboxylic acids is 1.